The van der Waals surface area contributed by atoms with Crippen molar-refractivity contribution in [3.05, 3.63) is 83.9 Å². The van der Waals surface area contributed by atoms with Crippen LogP contribution in [-0.2, 0) is 10.8 Å². The molecule has 0 bridgehead atoms. The molecule has 146 valence electrons. The second-order valence-corrected chi connectivity index (χ2v) is 9.40. The van der Waals surface area contributed by atoms with Crippen LogP contribution < -0.4 is 4.90 Å². The molecule has 0 heterocycles. The third-order valence-corrected chi connectivity index (χ3v) is 5.00. The molecule has 0 saturated carbocycles. The number of phenolic OH excluding ortho intramolecular Hbond substituents is 1. The Balaban J connectivity index is 2.32. The van der Waals surface area contributed by atoms with E-state index in [2.05, 4.69) is 107 Å². The molecule has 2 heteroatoms. The number of anilines is 3. The first-order valence-electron chi connectivity index (χ1n) is 9.87. The minimum atomic E-state index is -0.168. The van der Waals surface area contributed by atoms with E-state index in [1.807, 2.05) is 12.1 Å². The number of nitrogens with zero attached hydrogens (tertiary/aromatic N) is 1. The fourth-order valence-corrected chi connectivity index (χ4v) is 3.49. The highest BCUT2D eigenvalue weighted by atomic mass is 16.3. The molecule has 0 saturated heterocycles. The van der Waals surface area contributed by atoms with Crippen molar-refractivity contribution in [2.75, 3.05) is 4.90 Å². The van der Waals surface area contributed by atoms with E-state index in [0.717, 1.165) is 28.2 Å². The van der Waals surface area contributed by atoms with Crippen LogP contribution in [0.3, 0.4) is 0 Å². The smallest absolute Gasteiger partial charge is 0.123 e. The molecule has 0 aliphatic carbocycles. The van der Waals surface area contributed by atoms with E-state index in [1.54, 1.807) is 0 Å². The van der Waals surface area contributed by atoms with E-state index < -0.39 is 0 Å². The quantitative estimate of drug-likeness (QED) is 0.515. The molecule has 0 unspecified atom stereocenters. The van der Waals surface area contributed by atoms with Crippen molar-refractivity contribution in [1.29, 1.82) is 0 Å². The molecule has 0 aliphatic heterocycles. The highest BCUT2D eigenvalue weighted by Crippen LogP contribution is 2.44. The molecule has 2 nitrogen and oxygen atoms in total. The molecule has 0 spiro atoms. The average molecular weight is 374 g/mol. The molecule has 0 fully saturated rings. The molecule has 1 N–H and O–H groups in total. The maximum Gasteiger partial charge on any atom is 0.123 e. The van der Waals surface area contributed by atoms with Crippen LogP contribution in [0.25, 0.3) is 0 Å². The molecule has 0 atom stereocenters. The lowest BCUT2D eigenvalue weighted by Gasteiger charge is -2.32. The first kappa shape index (κ1) is 20.0. The summed E-state index contributed by atoms with van der Waals surface area (Å²) < 4.78 is 0. The van der Waals surface area contributed by atoms with Crippen molar-refractivity contribution in [2.45, 2.75) is 52.4 Å². The largest absolute Gasteiger partial charge is 0.507 e. The van der Waals surface area contributed by atoms with Gasteiger partial charge in [-0.25, -0.2) is 0 Å². The molecule has 0 aliphatic rings. The van der Waals surface area contributed by atoms with Gasteiger partial charge in [0.1, 0.15) is 5.75 Å². The van der Waals surface area contributed by atoms with Gasteiger partial charge in [0.05, 0.1) is 0 Å². The molecule has 0 radical (unpaired) electrons. The number of aromatic hydroxyl groups is 1. The Morgan fingerprint density at radius 1 is 0.571 bits per heavy atom. The van der Waals surface area contributed by atoms with Crippen molar-refractivity contribution in [3.8, 4) is 5.75 Å². The summed E-state index contributed by atoms with van der Waals surface area (Å²) in [6.07, 6.45) is 0. The summed E-state index contributed by atoms with van der Waals surface area (Å²) in [5, 5.41) is 11.1. The highest BCUT2D eigenvalue weighted by Gasteiger charge is 2.28. The summed E-state index contributed by atoms with van der Waals surface area (Å²) in [6, 6.07) is 25.0. The number of hydrogen-bond acceptors (Lipinski definition) is 2. The molecule has 3 aromatic rings. The van der Waals surface area contributed by atoms with Crippen LogP contribution in [0.2, 0.25) is 0 Å². The summed E-state index contributed by atoms with van der Waals surface area (Å²) in [4.78, 5) is 2.25. The number of benzene rings is 3. The van der Waals surface area contributed by atoms with Crippen LogP contribution in [0.4, 0.5) is 17.1 Å². The fraction of sp³-hybridized carbons (Fsp3) is 0.308. The van der Waals surface area contributed by atoms with Gasteiger partial charge >= 0.3 is 0 Å². The van der Waals surface area contributed by atoms with Crippen molar-refractivity contribution >= 4 is 17.1 Å². The van der Waals surface area contributed by atoms with Gasteiger partial charge in [0.25, 0.3) is 0 Å². The predicted octanol–water partition coefficient (Wildman–Crippen LogP) is 7.46. The van der Waals surface area contributed by atoms with Gasteiger partial charge in [0.2, 0.25) is 0 Å². The Morgan fingerprint density at radius 3 is 1.25 bits per heavy atom. The monoisotopic (exact) mass is 373 g/mol. The number of para-hydroxylation sites is 2. The Labute approximate surface area is 169 Å². The topological polar surface area (TPSA) is 23.5 Å². The number of hydrogen-bond donors (Lipinski definition) is 1. The zero-order chi connectivity index (χ0) is 20.5. The van der Waals surface area contributed by atoms with Gasteiger partial charge in [-0.1, -0.05) is 77.9 Å². The van der Waals surface area contributed by atoms with Crippen LogP contribution in [0.5, 0.6) is 5.75 Å². The third kappa shape index (κ3) is 4.06. The van der Waals surface area contributed by atoms with Crippen LogP contribution in [0, 0.1) is 0 Å². The van der Waals surface area contributed by atoms with Crippen LogP contribution >= 0.6 is 0 Å². The van der Waals surface area contributed by atoms with Gasteiger partial charge in [0, 0.05) is 28.2 Å². The van der Waals surface area contributed by atoms with Crippen molar-refractivity contribution in [2.24, 2.45) is 0 Å². The number of phenols is 1. The Hall–Kier alpha value is -2.74. The third-order valence-electron chi connectivity index (χ3n) is 5.00. The lowest BCUT2D eigenvalue weighted by molar-refractivity contribution is 0.423. The standard InChI is InChI=1S/C26H31NO/c1-25(2,3)22-17-21(18-23(24(22)28)26(4,5)6)27(19-13-9-7-10-14-19)20-15-11-8-12-16-20/h7-18,28H,1-6H3. The minimum absolute atomic E-state index is 0.168. The summed E-state index contributed by atoms with van der Waals surface area (Å²) in [5.41, 5.74) is 4.85. The normalized spacial score (nSPS) is 12.1. The van der Waals surface area contributed by atoms with Crippen molar-refractivity contribution in [3.63, 3.8) is 0 Å². The molecule has 3 rings (SSSR count). The molecular weight excluding hydrogens is 342 g/mol. The number of rotatable bonds is 3. The average Bonchev–Trinajstić information content (AvgIpc) is 2.63. The zero-order valence-corrected chi connectivity index (χ0v) is 17.8. The first-order chi connectivity index (χ1) is 13.1. The second-order valence-electron chi connectivity index (χ2n) is 9.40. The highest BCUT2D eigenvalue weighted by molar-refractivity contribution is 5.78. The van der Waals surface area contributed by atoms with Crippen LogP contribution in [0.15, 0.2) is 72.8 Å². The molecule has 0 aromatic heterocycles. The van der Waals surface area contributed by atoms with Crippen molar-refractivity contribution < 1.29 is 5.11 Å². The predicted molar refractivity (Wildman–Crippen MR) is 120 cm³/mol. The summed E-state index contributed by atoms with van der Waals surface area (Å²) in [5.74, 6) is 0.407. The van der Waals surface area contributed by atoms with Gasteiger partial charge in [0.15, 0.2) is 0 Å². The lowest BCUT2D eigenvalue weighted by atomic mass is 9.79. The van der Waals surface area contributed by atoms with E-state index in [-0.39, 0.29) is 10.8 Å². The van der Waals surface area contributed by atoms with Crippen LogP contribution in [-0.4, -0.2) is 5.11 Å². The lowest BCUT2D eigenvalue weighted by Crippen LogP contribution is -2.19. The summed E-state index contributed by atoms with van der Waals surface area (Å²) in [7, 11) is 0. The van der Waals surface area contributed by atoms with E-state index in [4.69, 9.17) is 0 Å². The van der Waals surface area contributed by atoms with E-state index in [0.29, 0.717) is 5.75 Å². The molecular formula is C26H31NO. The molecule has 3 aromatic carbocycles. The Bertz CT molecular complexity index is 857. The maximum atomic E-state index is 11.1. The van der Waals surface area contributed by atoms with Crippen LogP contribution in [0.1, 0.15) is 52.7 Å². The Morgan fingerprint density at radius 2 is 0.929 bits per heavy atom. The van der Waals surface area contributed by atoms with Gasteiger partial charge in [-0.15, -0.1) is 0 Å². The Kier molecular flexibility index (Phi) is 5.25. The SMILES string of the molecule is CC(C)(C)c1cc(N(c2ccccc2)c2ccccc2)cc(C(C)(C)C)c1O. The van der Waals surface area contributed by atoms with Gasteiger partial charge in [-0.2, -0.15) is 0 Å². The van der Waals surface area contributed by atoms with E-state index in [1.165, 1.54) is 0 Å². The molecule has 28 heavy (non-hydrogen) atoms. The zero-order valence-electron chi connectivity index (χ0n) is 17.8. The van der Waals surface area contributed by atoms with Gasteiger partial charge in [-0.05, 0) is 47.2 Å². The van der Waals surface area contributed by atoms with Crippen molar-refractivity contribution in [1.82, 2.24) is 0 Å². The fourth-order valence-electron chi connectivity index (χ4n) is 3.49. The second kappa shape index (κ2) is 7.35. The van der Waals surface area contributed by atoms with E-state index >= 15 is 0 Å². The minimum Gasteiger partial charge on any atom is -0.507 e. The summed E-state index contributed by atoms with van der Waals surface area (Å²) in [6.45, 7) is 12.9. The maximum absolute atomic E-state index is 11.1. The summed E-state index contributed by atoms with van der Waals surface area (Å²) >= 11 is 0. The van der Waals surface area contributed by atoms with E-state index in [9.17, 15) is 5.11 Å². The van der Waals surface area contributed by atoms with Gasteiger partial charge in [-0.3, -0.25) is 0 Å². The first-order valence-corrected chi connectivity index (χ1v) is 9.87. The van der Waals surface area contributed by atoms with Gasteiger partial charge < -0.3 is 10.0 Å². The molecule has 0 amide bonds.